The molecule has 0 aliphatic carbocycles. The molecule has 124 valence electrons. The van der Waals surface area contributed by atoms with Crippen LogP contribution in [0, 0.1) is 0 Å². The number of aromatic nitrogens is 2. The molecule has 23 heavy (non-hydrogen) atoms. The summed E-state index contributed by atoms with van der Waals surface area (Å²) in [4.78, 5) is 4.24. The fourth-order valence-electron chi connectivity index (χ4n) is 2.33. The Kier molecular flexibility index (Phi) is 6.97. The first-order chi connectivity index (χ1) is 11.3. The maximum Gasteiger partial charge on any atom is 0.190 e. The van der Waals surface area contributed by atoms with Gasteiger partial charge in [-0.2, -0.15) is 5.10 Å². The molecule has 6 heteroatoms. The lowest BCUT2D eigenvalue weighted by atomic mass is 10.1. The summed E-state index contributed by atoms with van der Waals surface area (Å²) in [6.07, 6.45) is 5.65. The average molecular weight is 315 g/mol. The standard InChI is InChI=1S/C17H25N5O/c1-18-17(19-10-5-13-22-14-6-11-21-22)20-12-9-15-7-3-4-8-16(15)23-2/h3-4,6-8,11,14H,5,9-10,12-13H2,1-2H3,(H2,18,19,20). The number of nitrogens with zero attached hydrogens (tertiary/aromatic N) is 3. The lowest BCUT2D eigenvalue weighted by molar-refractivity contribution is 0.409. The van der Waals surface area contributed by atoms with Gasteiger partial charge in [-0.3, -0.25) is 9.67 Å². The number of para-hydroxylation sites is 1. The summed E-state index contributed by atoms with van der Waals surface area (Å²) in [6.45, 7) is 2.56. The van der Waals surface area contributed by atoms with E-state index in [0.29, 0.717) is 0 Å². The van der Waals surface area contributed by atoms with E-state index in [9.17, 15) is 0 Å². The molecule has 0 saturated carbocycles. The molecule has 1 aromatic heterocycles. The number of aryl methyl sites for hydroxylation is 1. The molecular formula is C17H25N5O. The summed E-state index contributed by atoms with van der Waals surface area (Å²) in [5, 5.41) is 10.8. The lowest BCUT2D eigenvalue weighted by Gasteiger charge is -2.13. The molecule has 2 N–H and O–H groups in total. The Bertz CT molecular complexity index is 595. The quantitative estimate of drug-likeness (QED) is 0.442. The number of ether oxygens (including phenoxy) is 1. The van der Waals surface area contributed by atoms with Crippen LogP contribution in [0.1, 0.15) is 12.0 Å². The van der Waals surface area contributed by atoms with Crippen LogP contribution < -0.4 is 15.4 Å². The van der Waals surface area contributed by atoms with Crippen molar-refractivity contribution in [2.24, 2.45) is 4.99 Å². The lowest BCUT2D eigenvalue weighted by Crippen LogP contribution is -2.39. The van der Waals surface area contributed by atoms with Crippen LogP contribution in [0.15, 0.2) is 47.7 Å². The normalized spacial score (nSPS) is 11.3. The Labute approximate surface area is 137 Å². The van der Waals surface area contributed by atoms with Crippen molar-refractivity contribution in [1.82, 2.24) is 20.4 Å². The maximum absolute atomic E-state index is 5.36. The first-order valence-electron chi connectivity index (χ1n) is 7.87. The van der Waals surface area contributed by atoms with Gasteiger partial charge in [0.15, 0.2) is 5.96 Å². The molecule has 1 aromatic carbocycles. The summed E-state index contributed by atoms with van der Waals surface area (Å²) in [7, 11) is 3.48. The summed E-state index contributed by atoms with van der Waals surface area (Å²) in [5.74, 6) is 1.75. The Morgan fingerprint density at radius 2 is 2.04 bits per heavy atom. The highest BCUT2D eigenvalue weighted by atomic mass is 16.5. The molecule has 2 aromatic rings. The summed E-state index contributed by atoms with van der Waals surface area (Å²) in [6, 6.07) is 10.0. The Morgan fingerprint density at radius 3 is 2.78 bits per heavy atom. The van der Waals surface area contributed by atoms with Crippen LogP contribution in [-0.4, -0.2) is 43.0 Å². The zero-order valence-corrected chi connectivity index (χ0v) is 13.8. The highest BCUT2D eigenvalue weighted by Crippen LogP contribution is 2.17. The van der Waals surface area contributed by atoms with E-state index in [1.807, 2.05) is 35.1 Å². The van der Waals surface area contributed by atoms with Crippen molar-refractivity contribution in [2.75, 3.05) is 27.2 Å². The van der Waals surface area contributed by atoms with Crippen molar-refractivity contribution in [1.29, 1.82) is 0 Å². The van der Waals surface area contributed by atoms with Crippen LogP contribution >= 0.6 is 0 Å². The fourth-order valence-corrected chi connectivity index (χ4v) is 2.33. The van der Waals surface area contributed by atoms with E-state index in [-0.39, 0.29) is 0 Å². The minimum absolute atomic E-state index is 0.805. The highest BCUT2D eigenvalue weighted by Gasteiger charge is 2.02. The summed E-state index contributed by atoms with van der Waals surface area (Å²) in [5.41, 5.74) is 1.19. The first kappa shape index (κ1) is 16.9. The van der Waals surface area contributed by atoms with Gasteiger partial charge in [0, 0.05) is 39.1 Å². The predicted octanol–water partition coefficient (Wildman–Crippen LogP) is 1.69. The second-order valence-corrected chi connectivity index (χ2v) is 5.11. The molecule has 6 nitrogen and oxygen atoms in total. The molecule has 0 fully saturated rings. The van der Waals surface area contributed by atoms with Gasteiger partial charge in [0.1, 0.15) is 5.75 Å². The van der Waals surface area contributed by atoms with Gasteiger partial charge in [-0.05, 0) is 30.5 Å². The molecule has 0 atom stereocenters. The molecule has 0 aliphatic rings. The van der Waals surface area contributed by atoms with Gasteiger partial charge in [0.2, 0.25) is 0 Å². The van der Waals surface area contributed by atoms with Crippen LogP contribution in [0.4, 0.5) is 0 Å². The van der Waals surface area contributed by atoms with Crippen molar-refractivity contribution in [3.05, 3.63) is 48.3 Å². The number of methoxy groups -OCH3 is 1. The largest absolute Gasteiger partial charge is 0.496 e. The van der Waals surface area contributed by atoms with Gasteiger partial charge in [-0.1, -0.05) is 18.2 Å². The van der Waals surface area contributed by atoms with Gasteiger partial charge in [0.25, 0.3) is 0 Å². The molecule has 1 heterocycles. The molecule has 0 unspecified atom stereocenters. The van der Waals surface area contributed by atoms with Crippen molar-refractivity contribution in [3.63, 3.8) is 0 Å². The molecule has 0 radical (unpaired) electrons. The number of rotatable bonds is 8. The first-order valence-corrected chi connectivity index (χ1v) is 7.87. The number of guanidine groups is 1. The highest BCUT2D eigenvalue weighted by molar-refractivity contribution is 5.79. The third kappa shape index (κ3) is 5.65. The molecule has 2 rings (SSSR count). The van der Waals surface area contributed by atoms with Crippen LogP contribution in [0.2, 0.25) is 0 Å². The third-order valence-corrected chi connectivity index (χ3v) is 3.52. The second-order valence-electron chi connectivity index (χ2n) is 5.11. The van der Waals surface area contributed by atoms with Crippen LogP contribution in [0.5, 0.6) is 5.75 Å². The smallest absolute Gasteiger partial charge is 0.190 e. The van der Waals surface area contributed by atoms with E-state index in [1.54, 1.807) is 20.4 Å². The zero-order chi connectivity index (χ0) is 16.3. The number of aliphatic imine (C=N–C) groups is 1. The van der Waals surface area contributed by atoms with Crippen molar-refractivity contribution < 1.29 is 4.74 Å². The van der Waals surface area contributed by atoms with Gasteiger partial charge in [-0.15, -0.1) is 0 Å². The Morgan fingerprint density at radius 1 is 1.22 bits per heavy atom. The second kappa shape index (κ2) is 9.50. The van der Waals surface area contributed by atoms with Crippen molar-refractivity contribution in [2.45, 2.75) is 19.4 Å². The van der Waals surface area contributed by atoms with E-state index in [1.165, 1.54) is 5.56 Å². The fraction of sp³-hybridized carbons (Fsp3) is 0.412. The van der Waals surface area contributed by atoms with Gasteiger partial charge < -0.3 is 15.4 Å². The summed E-state index contributed by atoms with van der Waals surface area (Å²) >= 11 is 0. The monoisotopic (exact) mass is 315 g/mol. The average Bonchev–Trinajstić information content (AvgIpc) is 3.10. The molecule has 0 bridgehead atoms. The number of hydrogen-bond acceptors (Lipinski definition) is 3. The van der Waals surface area contributed by atoms with Crippen LogP contribution in [0.3, 0.4) is 0 Å². The number of benzene rings is 1. The maximum atomic E-state index is 5.36. The topological polar surface area (TPSA) is 63.5 Å². The predicted molar refractivity (Wildman–Crippen MR) is 92.9 cm³/mol. The van der Waals surface area contributed by atoms with Crippen molar-refractivity contribution >= 4 is 5.96 Å². The summed E-state index contributed by atoms with van der Waals surface area (Å²) < 4.78 is 7.29. The number of nitrogens with one attached hydrogen (secondary N) is 2. The van der Waals surface area contributed by atoms with E-state index < -0.39 is 0 Å². The Balaban J connectivity index is 1.66. The third-order valence-electron chi connectivity index (χ3n) is 3.52. The van der Waals surface area contributed by atoms with Crippen molar-refractivity contribution in [3.8, 4) is 5.75 Å². The molecular weight excluding hydrogens is 290 g/mol. The van der Waals surface area contributed by atoms with Crippen LogP contribution in [0.25, 0.3) is 0 Å². The molecule has 0 spiro atoms. The van der Waals surface area contributed by atoms with Crippen LogP contribution in [-0.2, 0) is 13.0 Å². The van der Waals surface area contributed by atoms with E-state index in [0.717, 1.165) is 44.2 Å². The Hall–Kier alpha value is -2.50. The van der Waals surface area contributed by atoms with E-state index in [4.69, 9.17) is 4.74 Å². The minimum Gasteiger partial charge on any atom is -0.496 e. The molecule has 0 saturated heterocycles. The SMILES string of the molecule is CN=C(NCCCn1cccn1)NCCc1ccccc1OC. The molecule has 0 amide bonds. The van der Waals surface area contributed by atoms with E-state index >= 15 is 0 Å². The van der Waals surface area contributed by atoms with Gasteiger partial charge in [-0.25, -0.2) is 0 Å². The molecule has 0 aliphatic heterocycles. The zero-order valence-electron chi connectivity index (χ0n) is 13.8. The van der Waals surface area contributed by atoms with E-state index in [2.05, 4.69) is 26.8 Å². The van der Waals surface area contributed by atoms with Gasteiger partial charge in [0.05, 0.1) is 7.11 Å². The van der Waals surface area contributed by atoms with Gasteiger partial charge >= 0.3 is 0 Å². The minimum atomic E-state index is 0.805. The number of hydrogen-bond donors (Lipinski definition) is 2.